The number of hydrogen-bond acceptors (Lipinski definition) is 5. The van der Waals surface area contributed by atoms with Gasteiger partial charge in [0, 0.05) is 5.69 Å². The second kappa shape index (κ2) is 9.80. The van der Waals surface area contributed by atoms with Crippen LogP contribution in [-0.2, 0) is 19.1 Å². The van der Waals surface area contributed by atoms with Crippen LogP contribution in [0.3, 0.4) is 0 Å². The molecule has 0 radical (unpaired) electrons. The summed E-state index contributed by atoms with van der Waals surface area (Å²) in [5.41, 5.74) is 4.62. The van der Waals surface area contributed by atoms with E-state index in [9.17, 15) is 19.2 Å². The van der Waals surface area contributed by atoms with Crippen LogP contribution in [0.25, 0.3) is 0 Å². The van der Waals surface area contributed by atoms with Gasteiger partial charge in [-0.25, -0.2) is 4.79 Å². The number of esters is 1. The van der Waals surface area contributed by atoms with Gasteiger partial charge in [-0.2, -0.15) is 0 Å². The number of carbonyl (C=O) groups is 4. The zero-order chi connectivity index (χ0) is 27.3. The van der Waals surface area contributed by atoms with Gasteiger partial charge in [0.05, 0.1) is 23.1 Å². The predicted octanol–water partition coefficient (Wildman–Crippen LogP) is 5.03. The molecule has 0 unspecified atom stereocenters. The lowest BCUT2D eigenvalue weighted by molar-refractivity contribution is -0.123. The van der Waals surface area contributed by atoms with Gasteiger partial charge in [0.15, 0.2) is 6.61 Å². The Morgan fingerprint density at radius 2 is 1.54 bits per heavy atom. The second-order valence-electron chi connectivity index (χ2n) is 11.0. The van der Waals surface area contributed by atoms with Gasteiger partial charge in [0.1, 0.15) is 0 Å². The first-order chi connectivity index (χ1) is 18.8. The van der Waals surface area contributed by atoms with Gasteiger partial charge in [0.2, 0.25) is 11.8 Å². The molecule has 1 N–H and O–H groups in total. The van der Waals surface area contributed by atoms with Gasteiger partial charge >= 0.3 is 5.97 Å². The quantitative estimate of drug-likeness (QED) is 0.362. The van der Waals surface area contributed by atoms with Crippen LogP contribution < -0.4 is 10.2 Å². The summed E-state index contributed by atoms with van der Waals surface area (Å²) in [5, 5.41) is 2.73. The van der Waals surface area contributed by atoms with E-state index in [1.165, 1.54) is 22.6 Å². The third-order valence-electron chi connectivity index (χ3n) is 8.44. The molecular weight excluding hydrogens is 492 g/mol. The number of benzene rings is 3. The largest absolute Gasteiger partial charge is 0.452 e. The fourth-order valence-electron chi connectivity index (χ4n) is 7.00. The molecule has 7 heteroatoms. The van der Waals surface area contributed by atoms with Crippen LogP contribution in [0.15, 0.2) is 72.8 Å². The zero-order valence-electron chi connectivity index (χ0n) is 21.9. The summed E-state index contributed by atoms with van der Waals surface area (Å²) in [6.45, 7) is 3.45. The van der Waals surface area contributed by atoms with Crippen LogP contribution in [0, 0.1) is 37.5 Å². The van der Waals surface area contributed by atoms with Gasteiger partial charge < -0.3 is 10.1 Å². The van der Waals surface area contributed by atoms with E-state index in [2.05, 4.69) is 17.4 Å². The van der Waals surface area contributed by atoms with E-state index in [1.54, 1.807) is 12.1 Å². The molecule has 5 atom stereocenters. The topological polar surface area (TPSA) is 92.8 Å². The third-order valence-corrected chi connectivity index (χ3v) is 8.44. The van der Waals surface area contributed by atoms with Crippen LogP contribution in [0.4, 0.5) is 11.4 Å². The molecule has 198 valence electrons. The van der Waals surface area contributed by atoms with E-state index in [4.69, 9.17) is 4.74 Å². The average Bonchev–Trinajstić information content (AvgIpc) is 3.58. The highest BCUT2D eigenvalue weighted by atomic mass is 16.5. The lowest BCUT2D eigenvalue weighted by atomic mass is 9.73. The number of nitrogens with one attached hydrogen (secondary N) is 1. The number of imide groups is 1. The fraction of sp³-hybridized carbons (Fsp3) is 0.312. The second-order valence-corrected chi connectivity index (χ2v) is 11.0. The molecule has 7 nitrogen and oxygen atoms in total. The molecule has 1 heterocycles. The Labute approximate surface area is 227 Å². The van der Waals surface area contributed by atoms with Gasteiger partial charge in [0.25, 0.3) is 5.91 Å². The molecule has 39 heavy (non-hydrogen) atoms. The van der Waals surface area contributed by atoms with Crippen LogP contribution in [0.2, 0.25) is 0 Å². The summed E-state index contributed by atoms with van der Waals surface area (Å²) in [5.74, 6) is -1.23. The van der Waals surface area contributed by atoms with E-state index in [0.717, 1.165) is 24.0 Å². The normalized spacial score (nSPS) is 25.1. The molecular formula is C32H30N2O5. The van der Waals surface area contributed by atoms with Crippen molar-refractivity contribution in [3.05, 3.63) is 95.1 Å². The molecule has 2 aliphatic carbocycles. The van der Waals surface area contributed by atoms with Crippen molar-refractivity contribution in [2.75, 3.05) is 16.8 Å². The standard InChI is InChI=1S/C32H30N2O5/c1-18-12-19(2)14-23(13-18)33-27(35)17-39-32(38)21-8-10-24(11-9-21)34-30(36)28-22-15-25(20-6-4-3-5-7-20)26(16-22)29(28)31(34)37/h3-14,22,25-26,28-29H,15-17H2,1-2H3,(H,33,35)/t22-,25-,26+,28+,29+/m0/s1. The maximum atomic E-state index is 13.5. The molecule has 3 aromatic rings. The maximum absolute atomic E-state index is 13.5. The summed E-state index contributed by atoms with van der Waals surface area (Å²) >= 11 is 0. The van der Waals surface area contributed by atoms with E-state index in [0.29, 0.717) is 17.3 Å². The minimum atomic E-state index is -0.656. The van der Waals surface area contributed by atoms with E-state index < -0.39 is 18.5 Å². The van der Waals surface area contributed by atoms with E-state index in [-0.39, 0.29) is 41.0 Å². The summed E-state index contributed by atoms with van der Waals surface area (Å²) in [6.07, 6.45) is 1.85. The molecule has 3 aromatic carbocycles. The smallest absolute Gasteiger partial charge is 0.338 e. The number of ether oxygens (including phenoxy) is 1. The highest BCUT2D eigenvalue weighted by Gasteiger charge is 2.64. The zero-order valence-corrected chi connectivity index (χ0v) is 21.9. The number of fused-ring (bicyclic) bond motifs is 5. The molecule has 2 saturated carbocycles. The molecule has 0 spiro atoms. The summed E-state index contributed by atoms with van der Waals surface area (Å²) in [4.78, 5) is 53.0. The number of rotatable bonds is 6. The van der Waals surface area contributed by atoms with Crippen LogP contribution >= 0.6 is 0 Å². The molecule has 0 aromatic heterocycles. The van der Waals surface area contributed by atoms with E-state index >= 15 is 0 Å². The number of amides is 3. The van der Waals surface area contributed by atoms with Crippen molar-refractivity contribution in [3.63, 3.8) is 0 Å². The Bertz CT molecular complexity index is 1450. The first-order valence-electron chi connectivity index (χ1n) is 13.4. The average molecular weight is 523 g/mol. The van der Waals surface area contributed by atoms with Crippen molar-refractivity contribution >= 4 is 35.1 Å². The highest BCUT2D eigenvalue weighted by Crippen LogP contribution is 2.61. The highest BCUT2D eigenvalue weighted by molar-refractivity contribution is 6.22. The minimum absolute atomic E-state index is 0.137. The van der Waals surface area contributed by atoms with Gasteiger partial charge in [-0.1, -0.05) is 36.4 Å². The van der Waals surface area contributed by atoms with Crippen molar-refractivity contribution in [3.8, 4) is 0 Å². The lowest BCUT2D eigenvalue weighted by Crippen LogP contribution is -2.33. The Morgan fingerprint density at radius 3 is 2.23 bits per heavy atom. The molecule has 1 saturated heterocycles. The van der Waals surface area contributed by atoms with Gasteiger partial charge in [-0.15, -0.1) is 0 Å². The molecule has 3 fully saturated rings. The Balaban J connectivity index is 1.10. The van der Waals surface area contributed by atoms with Crippen molar-refractivity contribution in [1.29, 1.82) is 0 Å². The summed E-state index contributed by atoms with van der Waals surface area (Å²) in [7, 11) is 0. The monoisotopic (exact) mass is 522 g/mol. The predicted molar refractivity (Wildman–Crippen MR) is 146 cm³/mol. The van der Waals surface area contributed by atoms with Gasteiger partial charge in [-0.3, -0.25) is 19.3 Å². The number of anilines is 2. The van der Waals surface area contributed by atoms with E-state index in [1.807, 2.05) is 50.2 Å². The fourth-order valence-corrected chi connectivity index (χ4v) is 7.00. The number of hydrogen-bond donors (Lipinski definition) is 1. The molecule has 1 aliphatic heterocycles. The Kier molecular flexibility index (Phi) is 6.29. The van der Waals surface area contributed by atoms with Crippen molar-refractivity contribution < 1.29 is 23.9 Å². The number of carbonyl (C=O) groups excluding carboxylic acids is 4. The van der Waals surface area contributed by atoms with Gasteiger partial charge in [-0.05, 0) is 97.5 Å². The van der Waals surface area contributed by atoms with Crippen molar-refractivity contribution in [1.82, 2.24) is 0 Å². The molecule has 3 amide bonds. The van der Waals surface area contributed by atoms with Crippen LogP contribution in [0.5, 0.6) is 0 Å². The first kappa shape index (κ1) is 25.0. The molecule has 3 aliphatic rings. The summed E-state index contributed by atoms with van der Waals surface area (Å²) < 4.78 is 5.18. The number of aryl methyl sites for hydroxylation is 2. The van der Waals surface area contributed by atoms with Crippen molar-refractivity contribution in [2.24, 2.45) is 23.7 Å². The van der Waals surface area contributed by atoms with Crippen molar-refractivity contribution in [2.45, 2.75) is 32.6 Å². The Hall–Kier alpha value is -4.26. The third kappa shape index (κ3) is 4.52. The molecule has 6 rings (SSSR count). The minimum Gasteiger partial charge on any atom is -0.452 e. The van der Waals surface area contributed by atoms with Crippen LogP contribution in [-0.4, -0.2) is 30.3 Å². The number of nitrogens with zero attached hydrogens (tertiary/aromatic N) is 1. The van der Waals surface area contributed by atoms with Crippen LogP contribution in [0.1, 0.15) is 45.8 Å². The SMILES string of the molecule is Cc1cc(C)cc(NC(=O)COC(=O)c2ccc(N3C(=O)[C@@H]4[C@@H]5C[C@@H]([C@H]4C3=O)[C@H](c3ccccc3)C5)cc2)c1. The first-order valence-corrected chi connectivity index (χ1v) is 13.4. The summed E-state index contributed by atoms with van der Waals surface area (Å²) in [6, 6.07) is 22.2. The lowest BCUT2D eigenvalue weighted by Gasteiger charge is -2.28. The Morgan fingerprint density at radius 1 is 0.872 bits per heavy atom. The molecule has 2 bridgehead atoms. The maximum Gasteiger partial charge on any atom is 0.338 e.